The second-order valence-corrected chi connectivity index (χ2v) is 6.10. The Bertz CT molecular complexity index is 636. The van der Waals surface area contributed by atoms with Crippen molar-refractivity contribution in [2.24, 2.45) is 7.05 Å². The Kier molecular flexibility index (Phi) is 3.35. The maximum Gasteiger partial charge on any atom is 0.197 e. The summed E-state index contributed by atoms with van der Waals surface area (Å²) in [6.07, 6.45) is 3.47. The lowest BCUT2D eigenvalue weighted by atomic mass is 10.4. The van der Waals surface area contributed by atoms with Gasteiger partial charge in [0.15, 0.2) is 14.9 Å². The van der Waals surface area contributed by atoms with Crippen molar-refractivity contribution in [1.82, 2.24) is 14.5 Å². The average molecular weight is 274 g/mol. The van der Waals surface area contributed by atoms with E-state index in [-0.39, 0.29) is 10.8 Å². The van der Waals surface area contributed by atoms with Gasteiger partial charge in [-0.2, -0.15) is 0 Å². The molecule has 0 saturated heterocycles. The number of halogens is 1. The molecule has 2 aromatic heterocycles. The molecule has 0 saturated carbocycles. The lowest BCUT2D eigenvalue weighted by molar-refractivity contribution is 0.592. The third kappa shape index (κ3) is 2.28. The molecule has 0 atom stereocenters. The number of rotatable bonds is 4. The summed E-state index contributed by atoms with van der Waals surface area (Å²) in [5, 5.41) is 0.0423. The van der Waals surface area contributed by atoms with E-state index in [0.29, 0.717) is 17.8 Å². The Balaban J connectivity index is 2.56. The normalized spacial score (nSPS) is 12.1. The number of aromatic nitrogens is 3. The van der Waals surface area contributed by atoms with Crippen LogP contribution in [-0.2, 0) is 16.9 Å². The molecular weight excluding hydrogens is 262 g/mol. The Morgan fingerprint density at radius 2 is 2.18 bits per heavy atom. The van der Waals surface area contributed by atoms with Crippen LogP contribution in [-0.4, -0.2) is 34.6 Å². The number of hydrogen-bond acceptors (Lipinski definition) is 4. The predicted octanol–water partition coefficient (Wildman–Crippen LogP) is 1.37. The summed E-state index contributed by atoms with van der Waals surface area (Å²) in [6.45, 7) is 0. The van der Waals surface area contributed by atoms with Gasteiger partial charge in [0.2, 0.25) is 0 Å². The number of fused-ring (bicyclic) bond motifs is 1. The van der Waals surface area contributed by atoms with Gasteiger partial charge in [-0.1, -0.05) is 0 Å². The van der Waals surface area contributed by atoms with E-state index in [9.17, 15) is 8.42 Å². The smallest absolute Gasteiger partial charge is 0.197 e. The van der Waals surface area contributed by atoms with Crippen molar-refractivity contribution in [3.05, 3.63) is 18.6 Å². The molecule has 0 radical (unpaired) electrons. The van der Waals surface area contributed by atoms with E-state index in [1.165, 1.54) is 6.20 Å². The van der Waals surface area contributed by atoms with Gasteiger partial charge in [0, 0.05) is 19.1 Å². The van der Waals surface area contributed by atoms with E-state index in [0.717, 1.165) is 5.52 Å². The quantitative estimate of drug-likeness (QED) is 0.789. The predicted molar refractivity (Wildman–Crippen MR) is 65.9 cm³/mol. The fraction of sp³-hybridized carbons (Fsp3) is 0.400. The zero-order chi connectivity index (χ0) is 12.5. The first-order chi connectivity index (χ1) is 8.06. The van der Waals surface area contributed by atoms with Crippen molar-refractivity contribution in [3.8, 4) is 0 Å². The van der Waals surface area contributed by atoms with Crippen LogP contribution in [0.3, 0.4) is 0 Å². The third-order valence-electron chi connectivity index (χ3n) is 2.45. The van der Waals surface area contributed by atoms with E-state index in [1.807, 2.05) is 7.05 Å². The number of aryl methyl sites for hydroxylation is 1. The Hall–Kier alpha value is -1.14. The highest BCUT2D eigenvalue weighted by molar-refractivity contribution is 7.91. The van der Waals surface area contributed by atoms with E-state index in [1.54, 1.807) is 17.0 Å². The SMILES string of the molecule is Cn1cnc2c(S(=O)(=O)CCCCl)nccc21. The summed E-state index contributed by atoms with van der Waals surface area (Å²) in [5.41, 5.74) is 1.18. The molecule has 7 heteroatoms. The van der Waals surface area contributed by atoms with Crippen molar-refractivity contribution in [2.45, 2.75) is 11.4 Å². The van der Waals surface area contributed by atoms with Crippen molar-refractivity contribution < 1.29 is 8.42 Å². The van der Waals surface area contributed by atoms with Gasteiger partial charge in [0.25, 0.3) is 0 Å². The van der Waals surface area contributed by atoms with Crippen molar-refractivity contribution in [2.75, 3.05) is 11.6 Å². The standard InChI is InChI=1S/C10H12ClN3O2S/c1-14-7-13-9-8(14)3-5-12-10(9)17(15,16)6-2-4-11/h3,5,7H,2,4,6H2,1H3. The second kappa shape index (κ2) is 4.62. The van der Waals surface area contributed by atoms with Crippen LogP contribution in [0.25, 0.3) is 11.0 Å². The van der Waals surface area contributed by atoms with Crippen LogP contribution >= 0.6 is 11.6 Å². The number of sulfone groups is 1. The van der Waals surface area contributed by atoms with Crippen molar-refractivity contribution >= 4 is 32.5 Å². The van der Waals surface area contributed by atoms with Gasteiger partial charge in [-0.15, -0.1) is 11.6 Å². The van der Waals surface area contributed by atoms with Gasteiger partial charge in [-0.3, -0.25) is 0 Å². The minimum atomic E-state index is -3.41. The first kappa shape index (κ1) is 12.3. The highest BCUT2D eigenvalue weighted by atomic mass is 35.5. The van der Waals surface area contributed by atoms with Gasteiger partial charge in [-0.05, 0) is 12.5 Å². The molecule has 0 amide bonds. The fourth-order valence-corrected chi connectivity index (χ4v) is 3.29. The van der Waals surface area contributed by atoms with Crippen LogP contribution < -0.4 is 0 Å². The van der Waals surface area contributed by atoms with Gasteiger partial charge in [-0.25, -0.2) is 18.4 Å². The molecule has 0 aliphatic rings. The number of hydrogen-bond donors (Lipinski definition) is 0. The molecule has 2 aromatic rings. The van der Waals surface area contributed by atoms with Crippen LogP contribution in [0.2, 0.25) is 0 Å². The van der Waals surface area contributed by atoms with Crippen LogP contribution in [0.4, 0.5) is 0 Å². The van der Waals surface area contributed by atoms with Crippen LogP contribution in [0.1, 0.15) is 6.42 Å². The number of imidazole rings is 1. The number of nitrogens with zero attached hydrogens (tertiary/aromatic N) is 3. The van der Waals surface area contributed by atoms with Crippen molar-refractivity contribution in [3.63, 3.8) is 0 Å². The van der Waals surface area contributed by atoms with E-state index in [2.05, 4.69) is 9.97 Å². The minimum Gasteiger partial charge on any atom is -0.334 e. The van der Waals surface area contributed by atoms with Gasteiger partial charge in [0.1, 0.15) is 5.52 Å². The monoisotopic (exact) mass is 273 g/mol. The fourth-order valence-electron chi connectivity index (χ4n) is 1.61. The van der Waals surface area contributed by atoms with Crippen LogP contribution in [0.5, 0.6) is 0 Å². The van der Waals surface area contributed by atoms with E-state index in [4.69, 9.17) is 11.6 Å². The highest BCUT2D eigenvalue weighted by Gasteiger charge is 2.20. The minimum absolute atomic E-state index is 0.000806. The number of alkyl halides is 1. The molecule has 0 fully saturated rings. The average Bonchev–Trinajstić information content (AvgIpc) is 2.69. The first-order valence-electron chi connectivity index (χ1n) is 5.11. The summed E-state index contributed by atoms with van der Waals surface area (Å²) in [5.74, 6) is 0.316. The molecule has 17 heavy (non-hydrogen) atoms. The molecule has 0 spiro atoms. The summed E-state index contributed by atoms with van der Waals surface area (Å²) in [4.78, 5) is 8.02. The Labute approximate surface area is 104 Å². The zero-order valence-corrected chi connectivity index (χ0v) is 10.9. The van der Waals surface area contributed by atoms with Crippen molar-refractivity contribution in [1.29, 1.82) is 0 Å². The molecule has 0 unspecified atom stereocenters. The Morgan fingerprint density at radius 1 is 1.41 bits per heavy atom. The molecule has 0 bridgehead atoms. The summed E-state index contributed by atoms with van der Waals surface area (Å²) < 4.78 is 25.8. The molecular formula is C10H12ClN3O2S. The van der Waals surface area contributed by atoms with Crippen LogP contribution in [0.15, 0.2) is 23.6 Å². The molecule has 5 nitrogen and oxygen atoms in total. The van der Waals surface area contributed by atoms with Gasteiger partial charge >= 0.3 is 0 Å². The highest BCUT2D eigenvalue weighted by Crippen LogP contribution is 2.20. The molecule has 2 rings (SSSR count). The zero-order valence-electron chi connectivity index (χ0n) is 9.30. The number of pyridine rings is 1. The molecule has 0 aromatic carbocycles. The van der Waals surface area contributed by atoms with Crippen LogP contribution in [0, 0.1) is 0 Å². The maximum atomic E-state index is 12.0. The largest absolute Gasteiger partial charge is 0.334 e. The topological polar surface area (TPSA) is 64.8 Å². The molecule has 2 heterocycles. The first-order valence-corrected chi connectivity index (χ1v) is 7.29. The third-order valence-corrected chi connectivity index (χ3v) is 4.43. The molecule has 0 aliphatic carbocycles. The van der Waals surface area contributed by atoms with E-state index >= 15 is 0 Å². The summed E-state index contributed by atoms with van der Waals surface area (Å²) in [7, 11) is -1.60. The summed E-state index contributed by atoms with van der Waals surface area (Å²) in [6, 6.07) is 1.74. The Morgan fingerprint density at radius 3 is 2.88 bits per heavy atom. The maximum absolute atomic E-state index is 12.0. The lowest BCUT2D eigenvalue weighted by Gasteiger charge is -2.03. The molecule has 92 valence electrons. The molecule has 0 N–H and O–H groups in total. The molecule has 0 aliphatic heterocycles. The van der Waals surface area contributed by atoms with Gasteiger partial charge < -0.3 is 4.57 Å². The van der Waals surface area contributed by atoms with Gasteiger partial charge in [0.05, 0.1) is 17.6 Å². The van der Waals surface area contributed by atoms with E-state index < -0.39 is 9.84 Å². The summed E-state index contributed by atoms with van der Waals surface area (Å²) >= 11 is 5.51. The second-order valence-electron chi connectivity index (χ2n) is 3.70. The lowest BCUT2D eigenvalue weighted by Crippen LogP contribution is -2.10.